The third kappa shape index (κ3) is 6.38. The molecule has 1 heterocycles. The van der Waals surface area contributed by atoms with Gasteiger partial charge >= 0.3 is 6.03 Å². The fourth-order valence-corrected chi connectivity index (χ4v) is 4.88. The van der Waals surface area contributed by atoms with Crippen molar-refractivity contribution < 1.29 is 17.9 Å². The summed E-state index contributed by atoms with van der Waals surface area (Å²) in [5.74, 6) is 0.679. The minimum absolute atomic E-state index is 0.193. The van der Waals surface area contributed by atoms with Crippen LogP contribution in [0.5, 0.6) is 5.75 Å². The number of likely N-dealkylation sites (tertiary alicyclic amines) is 1. The van der Waals surface area contributed by atoms with Crippen LogP contribution >= 0.6 is 0 Å². The number of nitrogens with one attached hydrogen (secondary N) is 1. The number of sulfone groups is 1. The molecule has 2 amide bonds. The second-order valence-corrected chi connectivity index (χ2v) is 9.69. The number of ether oxygens (including phenoxy) is 1. The summed E-state index contributed by atoms with van der Waals surface area (Å²) in [7, 11) is 0.391. The Morgan fingerprint density at radius 2 is 2.00 bits per heavy atom. The molecule has 0 saturated carbocycles. The molecule has 1 saturated heterocycles. The monoisotopic (exact) mass is 411 g/mol. The van der Waals surface area contributed by atoms with Crippen molar-refractivity contribution in [3.8, 4) is 5.75 Å². The number of carbonyl (C=O) groups is 1. The van der Waals surface area contributed by atoms with Crippen LogP contribution in [0, 0.1) is 0 Å². The largest absolute Gasteiger partial charge is 0.494 e. The predicted molar refractivity (Wildman–Crippen MR) is 111 cm³/mol. The van der Waals surface area contributed by atoms with Crippen molar-refractivity contribution in [1.82, 2.24) is 15.1 Å². The number of unbranched alkanes of at least 4 members (excludes halogenated alkanes) is 1. The van der Waals surface area contributed by atoms with Crippen molar-refractivity contribution in [3.63, 3.8) is 0 Å². The number of rotatable bonds is 9. The minimum Gasteiger partial charge on any atom is -0.494 e. The van der Waals surface area contributed by atoms with Gasteiger partial charge < -0.3 is 19.9 Å². The lowest BCUT2D eigenvalue weighted by Gasteiger charge is -2.32. The summed E-state index contributed by atoms with van der Waals surface area (Å²) >= 11 is 0. The standard InChI is InChI=1S/C20H33N3O4S/c1-4-5-15-27-17-8-10-18(11-9-17)28(25,26)19-7-6-13-23(16-19)20(24)21-12-14-22(2)3/h8-11,19H,4-7,12-16H2,1-3H3,(H,21,24). The molecule has 1 aromatic rings. The summed E-state index contributed by atoms with van der Waals surface area (Å²) < 4.78 is 31.7. The van der Waals surface area contributed by atoms with Crippen LogP contribution in [0.3, 0.4) is 0 Å². The van der Waals surface area contributed by atoms with Crippen molar-refractivity contribution in [2.24, 2.45) is 0 Å². The van der Waals surface area contributed by atoms with E-state index in [0.29, 0.717) is 38.3 Å². The van der Waals surface area contributed by atoms with E-state index < -0.39 is 15.1 Å². The van der Waals surface area contributed by atoms with Gasteiger partial charge in [0.25, 0.3) is 0 Å². The zero-order valence-corrected chi connectivity index (χ0v) is 18.0. The van der Waals surface area contributed by atoms with Crippen LogP contribution in [-0.2, 0) is 9.84 Å². The van der Waals surface area contributed by atoms with Gasteiger partial charge in [0, 0.05) is 26.2 Å². The molecule has 1 fully saturated rings. The second-order valence-electron chi connectivity index (χ2n) is 7.46. The van der Waals surface area contributed by atoms with Crippen LogP contribution in [-0.4, -0.2) is 76.4 Å². The molecule has 1 aromatic carbocycles. The number of amides is 2. The van der Waals surface area contributed by atoms with Crippen molar-refractivity contribution in [2.45, 2.75) is 42.8 Å². The van der Waals surface area contributed by atoms with Gasteiger partial charge in [0.1, 0.15) is 5.75 Å². The van der Waals surface area contributed by atoms with Gasteiger partial charge in [0.2, 0.25) is 0 Å². The molecule has 1 atom stereocenters. The Kier molecular flexibility index (Phi) is 8.57. The molecule has 0 aromatic heterocycles. The number of benzene rings is 1. The smallest absolute Gasteiger partial charge is 0.317 e. The highest BCUT2D eigenvalue weighted by atomic mass is 32.2. The zero-order chi connectivity index (χ0) is 20.6. The van der Waals surface area contributed by atoms with E-state index in [1.807, 2.05) is 19.0 Å². The third-order valence-electron chi connectivity index (χ3n) is 4.86. The average Bonchev–Trinajstić information content (AvgIpc) is 2.68. The molecule has 0 spiro atoms. The number of likely N-dealkylation sites (N-methyl/N-ethyl adjacent to an activating group) is 1. The minimum atomic E-state index is -3.49. The highest BCUT2D eigenvalue weighted by Crippen LogP contribution is 2.25. The van der Waals surface area contributed by atoms with Gasteiger partial charge in [-0.25, -0.2) is 13.2 Å². The van der Waals surface area contributed by atoms with Crippen molar-refractivity contribution in [3.05, 3.63) is 24.3 Å². The van der Waals surface area contributed by atoms with Gasteiger partial charge in [-0.1, -0.05) is 13.3 Å². The van der Waals surface area contributed by atoms with Crippen LogP contribution in [0.15, 0.2) is 29.2 Å². The van der Waals surface area contributed by atoms with Crippen LogP contribution in [0.25, 0.3) is 0 Å². The van der Waals surface area contributed by atoms with E-state index in [1.165, 1.54) is 0 Å². The molecule has 0 aliphatic carbocycles. The Balaban J connectivity index is 1.97. The molecule has 2 rings (SSSR count). The Hall–Kier alpha value is -1.80. The molecule has 1 aliphatic heterocycles. The maximum Gasteiger partial charge on any atom is 0.317 e. The molecule has 8 heteroatoms. The number of nitrogens with zero attached hydrogens (tertiary/aromatic N) is 2. The molecule has 7 nitrogen and oxygen atoms in total. The van der Waals surface area contributed by atoms with Crippen molar-refractivity contribution >= 4 is 15.9 Å². The van der Waals surface area contributed by atoms with E-state index >= 15 is 0 Å². The molecule has 158 valence electrons. The Bertz CT molecular complexity index is 719. The molecule has 1 N–H and O–H groups in total. The fraction of sp³-hybridized carbons (Fsp3) is 0.650. The van der Waals surface area contributed by atoms with E-state index in [-0.39, 0.29) is 17.5 Å². The first-order valence-corrected chi connectivity index (χ1v) is 11.5. The number of hydrogen-bond acceptors (Lipinski definition) is 5. The van der Waals surface area contributed by atoms with Crippen LogP contribution in [0.4, 0.5) is 4.79 Å². The maximum atomic E-state index is 13.0. The highest BCUT2D eigenvalue weighted by molar-refractivity contribution is 7.92. The lowest BCUT2D eigenvalue weighted by molar-refractivity contribution is 0.186. The lowest BCUT2D eigenvalue weighted by Crippen LogP contribution is -2.49. The molecule has 0 bridgehead atoms. The first-order valence-electron chi connectivity index (χ1n) is 9.99. The van der Waals surface area contributed by atoms with Gasteiger partial charge in [-0.3, -0.25) is 0 Å². The number of urea groups is 1. The lowest BCUT2D eigenvalue weighted by atomic mass is 10.1. The average molecular weight is 412 g/mol. The van der Waals surface area contributed by atoms with Crippen molar-refractivity contribution in [2.75, 3.05) is 46.9 Å². The van der Waals surface area contributed by atoms with E-state index in [4.69, 9.17) is 4.74 Å². The summed E-state index contributed by atoms with van der Waals surface area (Å²) in [4.78, 5) is 16.2. The van der Waals surface area contributed by atoms with Crippen molar-refractivity contribution in [1.29, 1.82) is 0 Å². The van der Waals surface area contributed by atoms with E-state index in [9.17, 15) is 13.2 Å². The summed E-state index contributed by atoms with van der Waals surface area (Å²) in [6.07, 6.45) is 3.27. The summed E-state index contributed by atoms with van der Waals surface area (Å²) in [5.41, 5.74) is 0. The maximum absolute atomic E-state index is 13.0. The molecular formula is C20H33N3O4S. The fourth-order valence-electron chi connectivity index (χ4n) is 3.13. The van der Waals surface area contributed by atoms with E-state index in [1.54, 1.807) is 29.2 Å². The third-order valence-corrected chi connectivity index (χ3v) is 7.05. The summed E-state index contributed by atoms with van der Waals surface area (Å²) in [5, 5.41) is 2.29. The molecular weight excluding hydrogens is 378 g/mol. The van der Waals surface area contributed by atoms with Crippen LogP contribution < -0.4 is 10.1 Å². The SMILES string of the molecule is CCCCOc1ccc(S(=O)(=O)C2CCCN(C(=O)NCCN(C)C)C2)cc1. The summed E-state index contributed by atoms with van der Waals surface area (Å²) in [6, 6.07) is 6.43. The molecule has 28 heavy (non-hydrogen) atoms. The Morgan fingerprint density at radius 3 is 2.64 bits per heavy atom. The topological polar surface area (TPSA) is 79.0 Å². The van der Waals surface area contributed by atoms with Gasteiger partial charge in [-0.2, -0.15) is 0 Å². The highest BCUT2D eigenvalue weighted by Gasteiger charge is 2.33. The van der Waals surface area contributed by atoms with Gasteiger partial charge in [0.15, 0.2) is 9.84 Å². The molecule has 1 aliphatic rings. The normalized spacial score (nSPS) is 17.6. The zero-order valence-electron chi connectivity index (χ0n) is 17.2. The van der Waals surface area contributed by atoms with Gasteiger partial charge in [-0.05, 0) is 57.6 Å². The van der Waals surface area contributed by atoms with E-state index in [0.717, 1.165) is 19.4 Å². The molecule has 1 unspecified atom stereocenters. The number of piperidine rings is 1. The first-order chi connectivity index (χ1) is 13.3. The van der Waals surface area contributed by atoms with Crippen LogP contribution in [0.1, 0.15) is 32.6 Å². The number of hydrogen-bond donors (Lipinski definition) is 1. The second kappa shape index (κ2) is 10.7. The predicted octanol–water partition coefficient (Wildman–Crippen LogP) is 2.37. The van der Waals surface area contributed by atoms with Gasteiger partial charge in [0.05, 0.1) is 16.8 Å². The Morgan fingerprint density at radius 1 is 1.29 bits per heavy atom. The number of carbonyl (C=O) groups excluding carboxylic acids is 1. The van der Waals surface area contributed by atoms with Gasteiger partial charge in [-0.15, -0.1) is 0 Å². The molecule has 0 radical (unpaired) electrons. The quantitative estimate of drug-likeness (QED) is 0.631. The first kappa shape index (κ1) is 22.5. The summed E-state index contributed by atoms with van der Waals surface area (Å²) in [6.45, 7) is 4.82. The van der Waals surface area contributed by atoms with E-state index in [2.05, 4.69) is 12.2 Å². The van der Waals surface area contributed by atoms with Crippen LogP contribution in [0.2, 0.25) is 0 Å². The Labute approximate surface area is 169 Å².